The summed E-state index contributed by atoms with van der Waals surface area (Å²) in [6.45, 7) is 0. The van der Waals surface area contributed by atoms with Crippen molar-refractivity contribution in [3.63, 3.8) is 0 Å². The highest BCUT2D eigenvalue weighted by Gasteiger charge is 2.31. The first kappa shape index (κ1) is 8.34. The minimum atomic E-state index is -0.685. The summed E-state index contributed by atoms with van der Waals surface area (Å²) in [6, 6.07) is 9.77. The minimum absolute atomic E-state index is 0.685. The molecule has 0 amide bonds. The first-order chi connectivity index (χ1) is 6.29. The van der Waals surface area contributed by atoms with Crippen LogP contribution in [0.25, 0.3) is 0 Å². The lowest BCUT2D eigenvalue weighted by molar-refractivity contribution is 0.0240. The molecule has 2 rings (SSSR count). The van der Waals surface area contributed by atoms with Crippen LogP contribution < -0.4 is 0 Å². The lowest BCUT2D eigenvalue weighted by Gasteiger charge is -2.30. The molecule has 0 spiro atoms. The molecule has 1 aromatic carbocycles. The Labute approximate surface area is 78.4 Å². The summed E-state index contributed by atoms with van der Waals surface area (Å²) < 4.78 is 0. The summed E-state index contributed by atoms with van der Waals surface area (Å²) in [5.74, 6) is 5.90. The van der Waals surface area contributed by atoms with E-state index in [-0.39, 0.29) is 0 Å². The fourth-order valence-corrected chi connectivity index (χ4v) is 1.35. The molecule has 0 bridgehead atoms. The highest BCUT2D eigenvalue weighted by Crippen LogP contribution is 2.30. The van der Waals surface area contributed by atoms with Gasteiger partial charge in [0.15, 0.2) is 0 Å². The monoisotopic (exact) mass is 172 g/mol. The quantitative estimate of drug-likeness (QED) is 0.593. The third kappa shape index (κ3) is 1.91. The number of aliphatic hydroxyl groups is 1. The van der Waals surface area contributed by atoms with Crippen LogP contribution in [0, 0.1) is 11.8 Å². The Kier molecular flexibility index (Phi) is 2.08. The van der Waals surface area contributed by atoms with Crippen molar-refractivity contribution in [3.8, 4) is 11.8 Å². The molecule has 1 N–H and O–H groups in total. The predicted octanol–water partition coefficient (Wildman–Crippen LogP) is 1.95. The van der Waals surface area contributed by atoms with Crippen LogP contribution in [0.4, 0.5) is 0 Å². The molecule has 1 fully saturated rings. The second-order valence-electron chi connectivity index (χ2n) is 3.50. The maximum absolute atomic E-state index is 9.70. The highest BCUT2D eigenvalue weighted by molar-refractivity contribution is 5.36. The van der Waals surface area contributed by atoms with Crippen molar-refractivity contribution in [2.45, 2.75) is 24.9 Å². The molecule has 0 aliphatic heterocycles. The molecule has 13 heavy (non-hydrogen) atoms. The predicted molar refractivity (Wildman–Crippen MR) is 52.1 cm³/mol. The Morgan fingerprint density at radius 2 is 1.85 bits per heavy atom. The Morgan fingerprint density at radius 3 is 2.38 bits per heavy atom. The van der Waals surface area contributed by atoms with Gasteiger partial charge in [-0.3, -0.25) is 0 Å². The van der Waals surface area contributed by atoms with Crippen molar-refractivity contribution in [1.82, 2.24) is 0 Å². The zero-order valence-corrected chi connectivity index (χ0v) is 7.46. The van der Waals surface area contributed by atoms with Crippen molar-refractivity contribution >= 4 is 0 Å². The van der Waals surface area contributed by atoms with Gasteiger partial charge in [0.2, 0.25) is 0 Å². The van der Waals surface area contributed by atoms with Crippen LogP contribution in [0.2, 0.25) is 0 Å². The molecule has 1 aliphatic rings. The third-order valence-corrected chi connectivity index (χ3v) is 2.39. The first-order valence-electron chi connectivity index (χ1n) is 4.59. The van der Waals surface area contributed by atoms with Gasteiger partial charge >= 0.3 is 0 Å². The zero-order valence-electron chi connectivity index (χ0n) is 7.46. The summed E-state index contributed by atoms with van der Waals surface area (Å²) in [7, 11) is 0. The van der Waals surface area contributed by atoms with Gasteiger partial charge in [0.25, 0.3) is 0 Å². The smallest absolute Gasteiger partial charge is 0.125 e. The van der Waals surface area contributed by atoms with Crippen LogP contribution in [0.1, 0.15) is 24.8 Å². The van der Waals surface area contributed by atoms with Crippen molar-refractivity contribution in [2.75, 3.05) is 0 Å². The lowest BCUT2D eigenvalue weighted by Crippen LogP contribution is -2.34. The van der Waals surface area contributed by atoms with Crippen molar-refractivity contribution in [2.24, 2.45) is 0 Å². The van der Waals surface area contributed by atoms with E-state index in [4.69, 9.17) is 0 Å². The SMILES string of the molecule is OC1(C#Cc2ccccc2)CCC1. The molecule has 0 unspecified atom stereocenters. The van der Waals surface area contributed by atoms with Gasteiger partial charge in [0.1, 0.15) is 5.60 Å². The second kappa shape index (κ2) is 3.24. The van der Waals surface area contributed by atoms with Gasteiger partial charge in [0.05, 0.1) is 0 Å². The van der Waals surface area contributed by atoms with E-state index in [2.05, 4.69) is 11.8 Å². The van der Waals surface area contributed by atoms with E-state index in [0.29, 0.717) is 0 Å². The molecule has 1 aliphatic carbocycles. The topological polar surface area (TPSA) is 20.2 Å². The Hall–Kier alpha value is -1.26. The summed E-state index contributed by atoms with van der Waals surface area (Å²) in [6.07, 6.45) is 2.75. The van der Waals surface area contributed by atoms with Crippen LogP contribution >= 0.6 is 0 Å². The second-order valence-corrected chi connectivity index (χ2v) is 3.50. The van der Waals surface area contributed by atoms with Gasteiger partial charge < -0.3 is 5.11 Å². The maximum Gasteiger partial charge on any atom is 0.125 e. The molecular formula is C12H12O. The zero-order chi connectivity index (χ0) is 9.15. The van der Waals surface area contributed by atoms with Crippen molar-refractivity contribution < 1.29 is 5.11 Å². The van der Waals surface area contributed by atoms with E-state index in [9.17, 15) is 5.11 Å². The first-order valence-corrected chi connectivity index (χ1v) is 4.59. The van der Waals surface area contributed by atoms with E-state index >= 15 is 0 Å². The largest absolute Gasteiger partial charge is 0.378 e. The van der Waals surface area contributed by atoms with Crippen LogP contribution in [0.15, 0.2) is 30.3 Å². The Bertz CT molecular complexity index is 338. The van der Waals surface area contributed by atoms with Crippen LogP contribution in [-0.4, -0.2) is 10.7 Å². The van der Waals surface area contributed by atoms with E-state index in [1.165, 1.54) is 0 Å². The van der Waals surface area contributed by atoms with Gasteiger partial charge in [-0.25, -0.2) is 0 Å². The molecular weight excluding hydrogens is 160 g/mol. The summed E-state index contributed by atoms with van der Waals surface area (Å²) >= 11 is 0. The van der Waals surface area contributed by atoms with E-state index in [1.807, 2.05) is 30.3 Å². The Balaban J connectivity index is 2.13. The van der Waals surface area contributed by atoms with Crippen LogP contribution in [0.3, 0.4) is 0 Å². The van der Waals surface area contributed by atoms with Crippen LogP contribution in [0.5, 0.6) is 0 Å². The van der Waals surface area contributed by atoms with Gasteiger partial charge in [-0.15, -0.1) is 0 Å². The molecule has 1 nitrogen and oxygen atoms in total. The van der Waals surface area contributed by atoms with Gasteiger partial charge in [-0.2, -0.15) is 0 Å². The summed E-state index contributed by atoms with van der Waals surface area (Å²) in [5.41, 5.74) is 0.290. The molecule has 0 saturated heterocycles. The van der Waals surface area contributed by atoms with Gasteiger partial charge in [-0.1, -0.05) is 30.0 Å². The lowest BCUT2D eigenvalue weighted by atomic mass is 9.81. The molecule has 1 saturated carbocycles. The summed E-state index contributed by atoms with van der Waals surface area (Å²) in [4.78, 5) is 0. The molecule has 0 aromatic heterocycles. The van der Waals surface area contributed by atoms with E-state index < -0.39 is 5.60 Å². The fourth-order valence-electron chi connectivity index (χ4n) is 1.35. The molecule has 1 aromatic rings. The standard InChI is InChI=1S/C12H12O/c13-12(8-4-9-12)10-7-11-5-2-1-3-6-11/h1-3,5-6,13H,4,8-9H2. The van der Waals surface area contributed by atoms with Crippen molar-refractivity contribution in [1.29, 1.82) is 0 Å². The minimum Gasteiger partial charge on any atom is -0.378 e. The number of hydrogen-bond acceptors (Lipinski definition) is 1. The van der Waals surface area contributed by atoms with Crippen molar-refractivity contribution in [3.05, 3.63) is 35.9 Å². The number of benzene rings is 1. The summed E-state index contributed by atoms with van der Waals surface area (Å²) in [5, 5.41) is 9.70. The van der Waals surface area contributed by atoms with Gasteiger partial charge in [-0.05, 0) is 31.4 Å². The highest BCUT2D eigenvalue weighted by atomic mass is 16.3. The molecule has 0 atom stereocenters. The van der Waals surface area contributed by atoms with Gasteiger partial charge in [0, 0.05) is 5.56 Å². The van der Waals surface area contributed by atoms with E-state index in [1.54, 1.807) is 0 Å². The third-order valence-electron chi connectivity index (χ3n) is 2.39. The maximum atomic E-state index is 9.70. The fraction of sp³-hybridized carbons (Fsp3) is 0.333. The van der Waals surface area contributed by atoms with Crippen LogP contribution in [-0.2, 0) is 0 Å². The Morgan fingerprint density at radius 1 is 1.15 bits per heavy atom. The van der Waals surface area contributed by atoms with E-state index in [0.717, 1.165) is 24.8 Å². The molecule has 66 valence electrons. The number of hydrogen-bond donors (Lipinski definition) is 1. The number of rotatable bonds is 0. The molecule has 0 heterocycles. The molecule has 0 radical (unpaired) electrons. The average molecular weight is 172 g/mol. The molecule has 1 heteroatoms. The normalized spacial score (nSPS) is 18.2. The average Bonchev–Trinajstić information content (AvgIpc) is 2.13.